The number of hydrogen-bond donors (Lipinski definition) is 1. The van der Waals surface area contributed by atoms with Crippen molar-refractivity contribution < 1.29 is 0 Å². The molecule has 0 aliphatic heterocycles. The van der Waals surface area contributed by atoms with Gasteiger partial charge in [-0.15, -0.1) is 0 Å². The van der Waals surface area contributed by atoms with Crippen molar-refractivity contribution in [3.63, 3.8) is 0 Å². The molecule has 0 aliphatic rings. The molecule has 19 heavy (non-hydrogen) atoms. The molecule has 0 heterocycles. The molecule has 0 saturated heterocycles. The average Bonchev–Trinajstić information content (AvgIpc) is 2.40. The predicted octanol–water partition coefficient (Wildman–Crippen LogP) is 3.56. The Kier molecular flexibility index (Phi) is 4.10. The number of rotatable bonds is 4. The van der Waals surface area contributed by atoms with Crippen LogP contribution in [0.15, 0.2) is 42.5 Å². The molecule has 0 aliphatic carbocycles. The van der Waals surface area contributed by atoms with Crippen molar-refractivity contribution in [3.05, 3.63) is 59.2 Å². The zero-order valence-corrected chi connectivity index (χ0v) is 12.0. The van der Waals surface area contributed by atoms with Crippen LogP contribution in [0.25, 0.3) is 0 Å². The fourth-order valence-corrected chi connectivity index (χ4v) is 2.16. The summed E-state index contributed by atoms with van der Waals surface area (Å²) in [6, 6.07) is 14.9. The molecule has 100 valence electrons. The molecule has 0 amide bonds. The minimum Gasteiger partial charge on any atom is -0.397 e. The van der Waals surface area contributed by atoms with Gasteiger partial charge in [-0.25, -0.2) is 0 Å². The van der Waals surface area contributed by atoms with E-state index in [2.05, 4.69) is 56.1 Å². The van der Waals surface area contributed by atoms with Crippen molar-refractivity contribution in [2.45, 2.75) is 20.3 Å². The molecule has 0 spiro atoms. The molecule has 2 nitrogen and oxygen atoms in total. The molecule has 0 atom stereocenters. The highest BCUT2D eigenvalue weighted by Crippen LogP contribution is 2.23. The number of benzene rings is 2. The third-order valence-electron chi connectivity index (χ3n) is 3.45. The zero-order valence-electron chi connectivity index (χ0n) is 12.0. The summed E-state index contributed by atoms with van der Waals surface area (Å²) in [7, 11) is 2.10. The fraction of sp³-hybridized carbons (Fsp3) is 0.294. The Labute approximate surface area is 115 Å². The molecular weight excluding hydrogens is 232 g/mol. The van der Waals surface area contributed by atoms with Gasteiger partial charge in [-0.1, -0.05) is 35.9 Å². The monoisotopic (exact) mass is 254 g/mol. The van der Waals surface area contributed by atoms with E-state index in [1.807, 2.05) is 12.1 Å². The Bertz CT molecular complexity index is 544. The van der Waals surface area contributed by atoms with Gasteiger partial charge in [0, 0.05) is 13.6 Å². The van der Waals surface area contributed by atoms with Gasteiger partial charge in [0.1, 0.15) is 0 Å². The minimum absolute atomic E-state index is 0.844. The van der Waals surface area contributed by atoms with E-state index >= 15 is 0 Å². The number of aryl methyl sites for hydroxylation is 2. The van der Waals surface area contributed by atoms with Gasteiger partial charge in [0.15, 0.2) is 0 Å². The summed E-state index contributed by atoms with van der Waals surface area (Å²) in [5, 5.41) is 0. The van der Waals surface area contributed by atoms with Crippen molar-refractivity contribution in [2.75, 3.05) is 24.2 Å². The summed E-state index contributed by atoms with van der Waals surface area (Å²) < 4.78 is 0. The normalized spacial score (nSPS) is 10.5. The van der Waals surface area contributed by atoms with Crippen molar-refractivity contribution in [3.8, 4) is 0 Å². The van der Waals surface area contributed by atoms with Gasteiger partial charge in [-0.2, -0.15) is 0 Å². The zero-order chi connectivity index (χ0) is 13.8. The smallest absolute Gasteiger partial charge is 0.0600 e. The van der Waals surface area contributed by atoms with E-state index in [9.17, 15) is 0 Å². The summed E-state index contributed by atoms with van der Waals surface area (Å²) in [5.74, 6) is 0. The number of nitrogen functional groups attached to an aromatic ring is 1. The van der Waals surface area contributed by atoms with E-state index in [1.165, 1.54) is 16.7 Å². The first-order valence-corrected chi connectivity index (χ1v) is 6.69. The molecule has 2 aromatic rings. The number of anilines is 2. The number of likely N-dealkylation sites (N-methyl/N-ethyl adjacent to an activating group) is 1. The number of nitrogens with two attached hydrogens (primary N) is 1. The Morgan fingerprint density at radius 1 is 0.947 bits per heavy atom. The van der Waals surface area contributed by atoms with Gasteiger partial charge >= 0.3 is 0 Å². The second kappa shape index (κ2) is 5.79. The summed E-state index contributed by atoms with van der Waals surface area (Å²) in [6.45, 7) is 5.18. The van der Waals surface area contributed by atoms with E-state index in [4.69, 9.17) is 5.73 Å². The van der Waals surface area contributed by atoms with E-state index in [0.29, 0.717) is 0 Å². The fourth-order valence-electron chi connectivity index (χ4n) is 2.16. The van der Waals surface area contributed by atoms with Gasteiger partial charge in [0.05, 0.1) is 11.4 Å². The van der Waals surface area contributed by atoms with Gasteiger partial charge in [-0.05, 0) is 43.5 Å². The first kappa shape index (κ1) is 13.5. The minimum atomic E-state index is 0.844. The Hall–Kier alpha value is -1.96. The highest BCUT2D eigenvalue weighted by atomic mass is 15.1. The highest BCUT2D eigenvalue weighted by molar-refractivity contribution is 5.68. The average molecular weight is 254 g/mol. The van der Waals surface area contributed by atoms with Crippen molar-refractivity contribution >= 4 is 11.4 Å². The molecular formula is C17H22N2. The number of nitrogens with zero attached hydrogens (tertiary/aromatic N) is 1. The van der Waals surface area contributed by atoms with Crippen LogP contribution in [0.1, 0.15) is 16.7 Å². The van der Waals surface area contributed by atoms with Crippen LogP contribution >= 0.6 is 0 Å². The van der Waals surface area contributed by atoms with Crippen LogP contribution in [-0.2, 0) is 6.42 Å². The topological polar surface area (TPSA) is 29.3 Å². The molecule has 0 fully saturated rings. The maximum atomic E-state index is 6.04. The van der Waals surface area contributed by atoms with Crippen molar-refractivity contribution in [1.82, 2.24) is 0 Å². The van der Waals surface area contributed by atoms with Crippen LogP contribution in [0.5, 0.6) is 0 Å². The Morgan fingerprint density at radius 3 is 2.26 bits per heavy atom. The largest absolute Gasteiger partial charge is 0.397 e. The SMILES string of the molecule is Cc1ccc(CCN(C)c2cc(C)ccc2N)cc1. The molecule has 2 N–H and O–H groups in total. The Morgan fingerprint density at radius 2 is 1.58 bits per heavy atom. The van der Waals surface area contributed by atoms with Crippen LogP contribution in [0.3, 0.4) is 0 Å². The van der Waals surface area contributed by atoms with E-state index in [1.54, 1.807) is 0 Å². The maximum Gasteiger partial charge on any atom is 0.0600 e. The molecule has 0 saturated carbocycles. The van der Waals surface area contributed by atoms with E-state index in [0.717, 1.165) is 24.3 Å². The van der Waals surface area contributed by atoms with Crippen molar-refractivity contribution in [2.24, 2.45) is 0 Å². The molecule has 2 heteroatoms. The first-order chi connectivity index (χ1) is 9.06. The third-order valence-corrected chi connectivity index (χ3v) is 3.45. The van der Waals surface area contributed by atoms with Crippen LogP contribution in [0, 0.1) is 13.8 Å². The summed E-state index contributed by atoms with van der Waals surface area (Å²) in [5.41, 5.74) is 11.9. The van der Waals surface area contributed by atoms with Gasteiger partial charge in [-0.3, -0.25) is 0 Å². The van der Waals surface area contributed by atoms with Gasteiger partial charge < -0.3 is 10.6 Å². The Balaban J connectivity index is 2.03. The lowest BCUT2D eigenvalue weighted by Gasteiger charge is -2.21. The quantitative estimate of drug-likeness (QED) is 0.845. The van der Waals surface area contributed by atoms with Crippen LogP contribution in [0.2, 0.25) is 0 Å². The number of hydrogen-bond acceptors (Lipinski definition) is 2. The first-order valence-electron chi connectivity index (χ1n) is 6.69. The van der Waals surface area contributed by atoms with E-state index in [-0.39, 0.29) is 0 Å². The van der Waals surface area contributed by atoms with Gasteiger partial charge in [0.2, 0.25) is 0 Å². The molecule has 0 bridgehead atoms. The standard InChI is InChI=1S/C17H22N2/c1-13-4-7-15(8-5-13)10-11-19(3)17-12-14(2)6-9-16(17)18/h4-9,12H,10-11,18H2,1-3H3. The lowest BCUT2D eigenvalue weighted by molar-refractivity contribution is 0.877. The molecule has 2 rings (SSSR count). The van der Waals surface area contributed by atoms with Crippen LogP contribution in [0.4, 0.5) is 11.4 Å². The lowest BCUT2D eigenvalue weighted by Crippen LogP contribution is -2.21. The lowest BCUT2D eigenvalue weighted by atomic mass is 10.1. The molecule has 0 radical (unpaired) electrons. The van der Waals surface area contributed by atoms with E-state index < -0.39 is 0 Å². The second-order valence-electron chi connectivity index (χ2n) is 5.22. The van der Waals surface area contributed by atoms with Gasteiger partial charge in [0.25, 0.3) is 0 Å². The summed E-state index contributed by atoms with van der Waals surface area (Å²) in [6.07, 6.45) is 1.03. The van der Waals surface area contributed by atoms with Crippen LogP contribution in [-0.4, -0.2) is 13.6 Å². The highest BCUT2D eigenvalue weighted by Gasteiger charge is 2.05. The van der Waals surface area contributed by atoms with Crippen molar-refractivity contribution in [1.29, 1.82) is 0 Å². The summed E-state index contributed by atoms with van der Waals surface area (Å²) >= 11 is 0. The predicted molar refractivity (Wildman–Crippen MR) is 83.7 cm³/mol. The molecule has 2 aromatic carbocycles. The molecule has 0 unspecified atom stereocenters. The molecule has 0 aromatic heterocycles. The second-order valence-corrected chi connectivity index (χ2v) is 5.22. The maximum absolute atomic E-state index is 6.04. The van der Waals surface area contributed by atoms with Crippen LogP contribution < -0.4 is 10.6 Å². The summed E-state index contributed by atoms with van der Waals surface area (Å²) in [4.78, 5) is 2.22. The third kappa shape index (κ3) is 3.50.